The number of furan rings is 1. The zero-order valence-corrected chi connectivity index (χ0v) is 34.6. The van der Waals surface area contributed by atoms with Crippen LogP contribution in [0.2, 0.25) is 0 Å². The molecule has 6 nitrogen and oxygen atoms in total. The molecule has 300 valence electrons. The summed E-state index contributed by atoms with van der Waals surface area (Å²) in [5.41, 5.74) is 13.8. The molecule has 0 unspecified atom stereocenters. The number of benzene rings is 9. The Hall–Kier alpha value is -8.61. The van der Waals surface area contributed by atoms with E-state index < -0.39 is 0 Å². The summed E-state index contributed by atoms with van der Waals surface area (Å²) in [5.74, 6) is 1.92. The second-order valence-electron chi connectivity index (χ2n) is 16.4. The Labute approximate surface area is 368 Å². The fourth-order valence-electron chi connectivity index (χ4n) is 9.72. The summed E-state index contributed by atoms with van der Waals surface area (Å²) in [6.45, 7) is 0. The number of fused-ring (bicyclic) bond motifs is 9. The fourth-order valence-corrected chi connectivity index (χ4v) is 9.72. The average molecular weight is 820 g/mol. The number of hydrogen-bond acceptors (Lipinski definition) is 4. The monoisotopic (exact) mass is 819 g/mol. The number of para-hydroxylation sites is 5. The first-order chi connectivity index (χ1) is 31.7. The topological polar surface area (TPSA) is 61.7 Å². The van der Waals surface area contributed by atoms with Crippen LogP contribution in [-0.2, 0) is 6.42 Å². The van der Waals surface area contributed by atoms with Crippen LogP contribution in [-0.4, -0.2) is 24.1 Å². The molecular weight excluding hydrogens is 783 g/mol. The van der Waals surface area contributed by atoms with E-state index in [1.807, 2.05) is 60.7 Å². The lowest BCUT2D eigenvalue weighted by atomic mass is 10.0. The fraction of sp³-hybridized carbons (Fsp3) is 0.0172. The zero-order valence-electron chi connectivity index (χ0n) is 34.6. The first kappa shape index (κ1) is 36.1. The third kappa shape index (κ3) is 5.77. The molecule has 64 heavy (non-hydrogen) atoms. The maximum atomic E-state index is 6.77. The van der Waals surface area contributed by atoms with Gasteiger partial charge in [0.05, 0.1) is 22.1 Å². The highest BCUT2D eigenvalue weighted by Crippen LogP contribution is 2.39. The van der Waals surface area contributed by atoms with E-state index in [1.54, 1.807) is 0 Å². The molecule has 0 fully saturated rings. The molecule has 4 aromatic heterocycles. The lowest BCUT2D eigenvalue weighted by Crippen LogP contribution is -2.01. The molecule has 4 heterocycles. The number of nitrogens with zero attached hydrogens (tertiary/aromatic N) is 5. The second kappa shape index (κ2) is 14.5. The van der Waals surface area contributed by atoms with Crippen LogP contribution in [0.5, 0.6) is 0 Å². The highest BCUT2D eigenvalue weighted by Gasteiger charge is 2.20. The molecule has 0 N–H and O–H groups in total. The second-order valence-corrected chi connectivity index (χ2v) is 16.4. The summed E-state index contributed by atoms with van der Waals surface area (Å²) in [7, 11) is 0. The summed E-state index contributed by atoms with van der Waals surface area (Å²) < 4.78 is 11.5. The standard InChI is InChI=1S/C58H37N5O/c1-3-16-37(17-4-1)56-59-57(38-18-5-2-6-19-38)61-58(60-56)41-30-32-53-47(35-41)45-24-10-14-29-52(45)63(53)49-26-11-7-20-39(49)34-40-21-15-25-46-48-36-42(31-33-54(48)64-55(40)46)62-50-27-12-8-22-43(50)44-23-9-13-28-51(44)62/h1-33,35-36H,34H2. The van der Waals surface area contributed by atoms with Gasteiger partial charge in [-0.15, -0.1) is 0 Å². The highest BCUT2D eigenvalue weighted by atomic mass is 16.3. The minimum Gasteiger partial charge on any atom is -0.456 e. The largest absolute Gasteiger partial charge is 0.456 e. The van der Waals surface area contributed by atoms with Crippen molar-refractivity contribution in [2.24, 2.45) is 0 Å². The van der Waals surface area contributed by atoms with Crippen molar-refractivity contribution in [1.82, 2.24) is 24.1 Å². The molecule has 6 heteroatoms. The SMILES string of the molecule is c1ccc(-c2nc(-c3ccccc3)nc(-c3ccc4c(c3)c3ccccc3n4-c3ccccc3Cc3cccc4c3oc3ccc(-n5c6ccccc6c6ccccc65)cc34)n2)cc1. The lowest BCUT2D eigenvalue weighted by molar-refractivity contribution is 0.664. The van der Waals surface area contributed by atoms with E-state index in [1.165, 1.54) is 27.4 Å². The van der Waals surface area contributed by atoms with Crippen LogP contribution >= 0.6 is 0 Å². The van der Waals surface area contributed by atoms with Crippen molar-refractivity contribution in [3.63, 3.8) is 0 Å². The van der Waals surface area contributed by atoms with Gasteiger partial charge in [0.2, 0.25) is 0 Å². The minimum absolute atomic E-state index is 0.632. The van der Waals surface area contributed by atoms with Gasteiger partial charge in [0, 0.05) is 66.8 Å². The molecule has 0 aliphatic rings. The van der Waals surface area contributed by atoms with Crippen LogP contribution in [0.3, 0.4) is 0 Å². The molecule has 13 rings (SSSR count). The summed E-state index contributed by atoms with van der Waals surface area (Å²) in [5, 5.41) is 7.00. The first-order valence-electron chi connectivity index (χ1n) is 21.6. The average Bonchev–Trinajstić information content (AvgIpc) is 4.02. The Morgan fingerprint density at radius 3 is 1.53 bits per heavy atom. The number of rotatable bonds is 7. The van der Waals surface area contributed by atoms with Crippen molar-refractivity contribution in [1.29, 1.82) is 0 Å². The van der Waals surface area contributed by atoms with E-state index in [9.17, 15) is 0 Å². The van der Waals surface area contributed by atoms with Crippen molar-refractivity contribution in [3.05, 3.63) is 223 Å². The molecule has 0 spiro atoms. The van der Waals surface area contributed by atoms with Gasteiger partial charge in [0.1, 0.15) is 11.2 Å². The van der Waals surface area contributed by atoms with Gasteiger partial charge in [-0.2, -0.15) is 0 Å². The van der Waals surface area contributed by atoms with Crippen LogP contribution in [0.15, 0.2) is 217 Å². The Kier molecular flexibility index (Phi) is 8.18. The smallest absolute Gasteiger partial charge is 0.164 e. The van der Waals surface area contributed by atoms with Gasteiger partial charge >= 0.3 is 0 Å². The maximum absolute atomic E-state index is 6.77. The van der Waals surface area contributed by atoms with E-state index in [0.717, 1.165) is 77.4 Å². The van der Waals surface area contributed by atoms with Crippen molar-refractivity contribution < 1.29 is 4.42 Å². The van der Waals surface area contributed by atoms with Crippen molar-refractivity contribution in [2.75, 3.05) is 0 Å². The van der Waals surface area contributed by atoms with E-state index in [4.69, 9.17) is 19.4 Å². The van der Waals surface area contributed by atoms with Crippen LogP contribution in [0.4, 0.5) is 0 Å². The van der Waals surface area contributed by atoms with E-state index in [-0.39, 0.29) is 0 Å². The van der Waals surface area contributed by atoms with Crippen LogP contribution in [0.25, 0.3) is 111 Å². The first-order valence-corrected chi connectivity index (χ1v) is 21.6. The molecule has 0 amide bonds. The molecule has 9 aromatic carbocycles. The van der Waals surface area contributed by atoms with Crippen LogP contribution in [0, 0.1) is 0 Å². The summed E-state index contributed by atoms with van der Waals surface area (Å²) in [4.78, 5) is 15.0. The number of hydrogen-bond donors (Lipinski definition) is 0. The summed E-state index contributed by atoms with van der Waals surface area (Å²) >= 11 is 0. The Morgan fingerprint density at radius 2 is 0.859 bits per heavy atom. The predicted octanol–water partition coefficient (Wildman–Crippen LogP) is 14.6. The molecule has 0 bridgehead atoms. The normalized spacial score (nSPS) is 11.8. The van der Waals surface area contributed by atoms with Gasteiger partial charge in [-0.1, -0.05) is 152 Å². The van der Waals surface area contributed by atoms with Crippen LogP contribution in [0.1, 0.15) is 11.1 Å². The Bertz CT molecular complexity index is 3830. The van der Waals surface area contributed by atoms with E-state index in [0.29, 0.717) is 23.9 Å². The van der Waals surface area contributed by atoms with Gasteiger partial charge in [-0.05, 0) is 71.8 Å². The quantitative estimate of drug-likeness (QED) is 0.161. The van der Waals surface area contributed by atoms with E-state index >= 15 is 0 Å². The molecule has 13 aromatic rings. The molecule has 0 aliphatic carbocycles. The Balaban J connectivity index is 0.922. The summed E-state index contributed by atoms with van der Waals surface area (Å²) in [6.07, 6.45) is 0.689. The van der Waals surface area contributed by atoms with Gasteiger partial charge in [-0.3, -0.25) is 0 Å². The molecule has 0 atom stereocenters. The maximum Gasteiger partial charge on any atom is 0.164 e. The molecule has 0 saturated heterocycles. The lowest BCUT2D eigenvalue weighted by Gasteiger charge is -2.14. The molecular formula is C58H37N5O. The molecule has 0 radical (unpaired) electrons. The zero-order chi connectivity index (χ0) is 42.1. The van der Waals surface area contributed by atoms with Crippen molar-refractivity contribution in [3.8, 4) is 45.5 Å². The third-order valence-corrected chi connectivity index (χ3v) is 12.6. The van der Waals surface area contributed by atoms with Crippen molar-refractivity contribution >= 4 is 65.6 Å². The highest BCUT2D eigenvalue weighted by molar-refractivity contribution is 6.12. The van der Waals surface area contributed by atoms with Gasteiger partial charge in [-0.25, -0.2) is 15.0 Å². The van der Waals surface area contributed by atoms with Gasteiger partial charge in [0.15, 0.2) is 17.5 Å². The Morgan fingerprint density at radius 1 is 0.344 bits per heavy atom. The number of aromatic nitrogens is 5. The molecule has 0 saturated carbocycles. The van der Waals surface area contributed by atoms with E-state index in [2.05, 4.69) is 161 Å². The predicted molar refractivity (Wildman–Crippen MR) is 261 cm³/mol. The molecule has 0 aliphatic heterocycles. The van der Waals surface area contributed by atoms with Gasteiger partial charge < -0.3 is 13.6 Å². The van der Waals surface area contributed by atoms with Gasteiger partial charge in [0.25, 0.3) is 0 Å². The van der Waals surface area contributed by atoms with Crippen LogP contribution < -0.4 is 0 Å². The third-order valence-electron chi connectivity index (χ3n) is 12.6. The summed E-state index contributed by atoms with van der Waals surface area (Å²) in [6, 6.07) is 74.7. The van der Waals surface area contributed by atoms with Crippen molar-refractivity contribution in [2.45, 2.75) is 6.42 Å². The minimum atomic E-state index is 0.632.